The van der Waals surface area contributed by atoms with Gasteiger partial charge in [0, 0.05) is 4.88 Å². The van der Waals surface area contributed by atoms with Crippen molar-refractivity contribution in [1.82, 2.24) is 9.97 Å². The molecule has 108 valence electrons. The normalized spacial score (nSPS) is 11.8. The van der Waals surface area contributed by atoms with Gasteiger partial charge in [0.05, 0.1) is 5.39 Å². The topological polar surface area (TPSA) is 75.1 Å². The third-order valence-electron chi connectivity index (χ3n) is 3.94. The molecule has 5 nitrogen and oxygen atoms in total. The first-order valence-corrected chi connectivity index (χ1v) is 7.49. The molecule has 0 aliphatic rings. The van der Waals surface area contributed by atoms with E-state index in [4.69, 9.17) is 0 Å². The highest BCUT2D eigenvalue weighted by atomic mass is 32.1. The molecule has 2 heterocycles. The van der Waals surface area contributed by atoms with Crippen LogP contribution in [0.2, 0.25) is 0 Å². The highest BCUT2D eigenvalue weighted by molar-refractivity contribution is 7.18. The number of aryl methyl sites for hydroxylation is 2. The van der Waals surface area contributed by atoms with Crippen LogP contribution in [0.25, 0.3) is 10.2 Å². The number of aromatic nitrogens is 2. The molecule has 0 radical (unpaired) electrons. The minimum atomic E-state index is -0.983. The van der Waals surface area contributed by atoms with Crippen LogP contribution in [0.4, 0.5) is 5.82 Å². The third-order valence-corrected chi connectivity index (χ3v) is 5.05. The van der Waals surface area contributed by atoms with E-state index >= 15 is 0 Å². The lowest BCUT2D eigenvalue weighted by Crippen LogP contribution is -2.45. The van der Waals surface area contributed by atoms with Crippen LogP contribution in [0.3, 0.4) is 0 Å². The van der Waals surface area contributed by atoms with Gasteiger partial charge in [-0.15, -0.1) is 11.3 Å². The molecule has 0 fully saturated rings. The van der Waals surface area contributed by atoms with Crippen molar-refractivity contribution >= 4 is 33.3 Å². The summed E-state index contributed by atoms with van der Waals surface area (Å²) in [5.74, 6) is -0.234. The summed E-state index contributed by atoms with van der Waals surface area (Å²) in [5.41, 5.74) is 0.128. The molecule has 2 aromatic rings. The molecule has 0 saturated heterocycles. The van der Waals surface area contributed by atoms with Crippen LogP contribution in [-0.2, 0) is 4.79 Å². The molecule has 2 N–H and O–H groups in total. The molecule has 20 heavy (non-hydrogen) atoms. The van der Waals surface area contributed by atoms with Crippen molar-refractivity contribution < 1.29 is 9.90 Å². The predicted molar refractivity (Wildman–Crippen MR) is 81.5 cm³/mol. The molecule has 0 spiro atoms. The lowest BCUT2D eigenvalue weighted by Gasteiger charge is -2.28. The van der Waals surface area contributed by atoms with Gasteiger partial charge in [0.2, 0.25) is 0 Å². The van der Waals surface area contributed by atoms with E-state index in [1.54, 1.807) is 11.3 Å². The molecule has 2 rings (SSSR count). The molecule has 0 aliphatic carbocycles. The molecule has 0 unspecified atom stereocenters. The Balaban J connectivity index is 2.56. The van der Waals surface area contributed by atoms with Gasteiger partial charge in [-0.05, 0) is 32.3 Å². The van der Waals surface area contributed by atoms with E-state index in [2.05, 4.69) is 15.3 Å². The van der Waals surface area contributed by atoms with E-state index in [0.717, 1.165) is 15.8 Å². The lowest BCUT2D eigenvalue weighted by atomic mass is 9.93. The summed E-state index contributed by atoms with van der Waals surface area (Å²) >= 11 is 1.60. The van der Waals surface area contributed by atoms with Crippen molar-refractivity contribution in [1.29, 1.82) is 0 Å². The van der Waals surface area contributed by atoms with Gasteiger partial charge < -0.3 is 10.4 Å². The predicted octanol–water partition coefficient (Wildman–Crippen LogP) is 3.36. The third kappa shape index (κ3) is 2.24. The molecule has 0 saturated carbocycles. The minimum absolute atomic E-state index is 0.493. The van der Waals surface area contributed by atoms with E-state index < -0.39 is 11.5 Å². The van der Waals surface area contributed by atoms with Crippen molar-refractivity contribution in [2.45, 2.75) is 46.1 Å². The van der Waals surface area contributed by atoms with Crippen LogP contribution in [-0.4, -0.2) is 26.6 Å². The van der Waals surface area contributed by atoms with E-state index in [0.29, 0.717) is 18.7 Å². The smallest absolute Gasteiger partial charge is 0.329 e. The van der Waals surface area contributed by atoms with Crippen LogP contribution in [0, 0.1) is 13.8 Å². The summed E-state index contributed by atoms with van der Waals surface area (Å²) < 4.78 is 0. The standard InChI is InChI=1S/C14H19N3O2S/c1-5-14(6-2,13(18)19)17-11-10-8(3)9(4)20-12(10)16-7-15-11/h7H,5-6H2,1-4H3,(H,18,19)(H,15,16,17). The van der Waals surface area contributed by atoms with Gasteiger partial charge >= 0.3 is 5.97 Å². The number of carboxylic acids is 1. The molecule has 0 atom stereocenters. The molecule has 0 aromatic carbocycles. The van der Waals surface area contributed by atoms with Crippen molar-refractivity contribution in [2.24, 2.45) is 0 Å². The second-order valence-corrected chi connectivity index (χ2v) is 6.11. The number of anilines is 1. The Morgan fingerprint density at radius 2 is 2.00 bits per heavy atom. The lowest BCUT2D eigenvalue weighted by molar-refractivity contribution is -0.142. The minimum Gasteiger partial charge on any atom is -0.480 e. The van der Waals surface area contributed by atoms with Crippen molar-refractivity contribution in [3.05, 3.63) is 16.8 Å². The Bertz CT molecular complexity index is 647. The molecule has 0 bridgehead atoms. The number of hydrogen-bond acceptors (Lipinski definition) is 5. The fourth-order valence-electron chi connectivity index (χ4n) is 2.29. The van der Waals surface area contributed by atoms with Crippen molar-refractivity contribution in [2.75, 3.05) is 5.32 Å². The number of aliphatic carboxylic acids is 1. The van der Waals surface area contributed by atoms with E-state index in [-0.39, 0.29) is 0 Å². The quantitative estimate of drug-likeness (QED) is 0.884. The molecule has 2 aromatic heterocycles. The molecular weight excluding hydrogens is 274 g/mol. The van der Waals surface area contributed by atoms with Gasteiger partial charge in [-0.1, -0.05) is 13.8 Å². The number of thiophene rings is 1. The molecular formula is C14H19N3O2S. The Morgan fingerprint density at radius 1 is 1.35 bits per heavy atom. The molecule has 0 amide bonds. The van der Waals surface area contributed by atoms with Crippen LogP contribution < -0.4 is 5.32 Å². The highest BCUT2D eigenvalue weighted by Crippen LogP contribution is 2.34. The first kappa shape index (κ1) is 14.7. The van der Waals surface area contributed by atoms with Crippen molar-refractivity contribution in [3.63, 3.8) is 0 Å². The zero-order valence-corrected chi connectivity index (χ0v) is 13.0. The van der Waals surface area contributed by atoms with Crippen molar-refractivity contribution in [3.8, 4) is 0 Å². The fourth-order valence-corrected chi connectivity index (χ4v) is 3.28. The van der Waals surface area contributed by atoms with E-state index in [1.807, 2.05) is 27.7 Å². The first-order valence-electron chi connectivity index (χ1n) is 6.67. The maximum absolute atomic E-state index is 11.6. The molecule has 6 heteroatoms. The van der Waals surface area contributed by atoms with Crippen LogP contribution in [0.1, 0.15) is 37.1 Å². The van der Waals surface area contributed by atoms with Crippen LogP contribution in [0.5, 0.6) is 0 Å². The average molecular weight is 293 g/mol. The SMILES string of the molecule is CCC(CC)(Nc1ncnc2sc(C)c(C)c12)C(=O)O. The summed E-state index contributed by atoms with van der Waals surface area (Å²) in [7, 11) is 0. The monoisotopic (exact) mass is 293 g/mol. The Morgan fingerprint density at radius 3 is 2.55 bits per heavy atom. The second kappa shape index (κ2) is 5.36. The first-order chi connectivity index (χ1) is 9.45. The second-order valence-electron chi connectivity index (χ2n) is 4.91. The Hall–Kier alpha value is -1.69. The van der Waals surface area contributed by atoms with Gasteiger partial charge in [-0.25, -0.2) is 14.8 Å². The highest BCUT2D eigenvalue weighted by Gasteiger charge is 2.35. The van der Waals surface area contributed by atoms with Crippen LogP contribution >= 0.6 is 11.3 Å². The van der Waals surface area contributed by atoms with E-state index in [9.17, 15) is 9.90 Å². The number of carboxylic acid groups (broad SMARTS) is 1. The summed E-state index contributed by atoms with van der Waals surface area (Å²) in [6.07, 6.45) is 2.47. The average Bonchev–Trinajstić information content (AvgIpc) is 2.72. The van der Waals surface area contributed by atoms with E-state index in [1.165, 1.54) is 11.2 Å². The van der Waals surface area contributed by atoms with Gasteiger partial charge in [0.15, 0.2) is 0 Å². The van der Waals surface area contributed by atoms with Gasteiger partial charge in [-0.3, -0.25) is 0 Å². The summed E-state index contributed by atoms with van der Waals surface area (Å²) in [6, 6.07) is 0. The maximum Gasteiger partial charge on any atom is 0.329 e. The Labute approximate surface area is 122 Å². The zero-order valence-electron chi connectivity index (χ0n) is 12.1. The maximum atomic E-state index is 11.6. The number of rotatable bonds is 5. The summed E-state index contributed by atoms with van der Waals surface area (Å²) in [5, 5.41) is 13.6. The van der Waals surface area contributed by atoms with Gasteiger partial charge in [0.25, 0.3) is 0 Å². The number of nitrogens with zero attached hydrogens (tertiary/aromatic N) is 2. The van der Waals surface area contributed by atoms with Gasteiger partial charge in [-0.2, -0.15) is 0 Å². The summed E-state index contributed by atoms with van der Waals surface area (Å²) in [4.78, 5) is 22.2. The zero-order chi connectivity index (χ0) is 14.9. The largest absolute Gasteiger partial charge is 0.480 e. The van der Waals surface area contributed by atoms with Gasteiger partial charge in [0.1, 0.15) is 22.5 Å². The number of nitrogens with one attached hydrogen (secondary N) is 1. The van der Waals surface area contributed by atoms with Crippen LogP contribution in [0.15, 0.2) is 6.33 Å². The summed E-state index contributed by atoms with van der Waals surface area (Å²) in [6.45, 7) is 7.79. The fraction of sp³-hybridized carbons (Fsp3) is 0.500. The number of carbonyl (C=O) groups is 1. The number of fused-ring (bicyclic) bond motifs is 1. The Kier molecular flexibility index (Phi) is 3.94. The number of hydrogen-bond donors (Lipinski definition) is 2. The molecule has 0 aliphatic heterocycles.